The van der Waals surface area contributed by atoms with Gasteiger partial charge in [-0.2, -0.15) is 5.10 Å². The van der Waals surface area contributed by atoms with Crippen LogP contribution in [0.4, 0.5) is 4.39 Å². The number of hydrogen-bond acceptors (Lipinski definition) is 7. The fourth-order valence-electron chi connectivity index (χ4n) is 2.78. The molecule has 146 valence electrons. The van der Waals surface area contributed by atoms with E-state index in [0.29, 0.717) is 24.1 Å². The third kappa shape index (κ3) is 4.80. The maximum atomic E-state index is 14.0. The number of nitrogens with zero attached hydrogens (tertiary/aromatic N) is 3. The molecule has 1 fully saturated rings. The Kier molecular flexibility index (Phi) is 5.42. The van der Waals surface area contributed by atoms with Crippen LogP contribution in [0, 0.1) is 0 Å². The van der Waals surface area contributed by atoms with Crippen LogP contribution in [0.2, 0.25) is 0 Å². The fraction of sp³-hybridized carbons (Fsp3) is 0.438. The van der Waals surface area contributed by atoms with Crippen LogP contribution < -0.4 is 15.8 Å². The molecule has 11 heteroatoms. The van der Waals surface area contributed by atoms with E-state index in [2.05, 4.69) is 15.4 Å². The summed E-state index contributed by atoms with van der Waals surface area (Å²) in [6.45, 7) is 0.781. The Balaban J connectivity index is 1.86. The maximum absolute atomic E-state index is 14.0. The van der Waals surface area contributed by atoms with Crippen molar-refractivity contribution < 1.29 is 22.3 Å². The van der Waals surface area contributed by atoms with Crippen molar-refractivity contribution in [3.63, 3.8) is 0 Å². The lowest BCUT2D eigenvalue weighted by Crippen LogP contribution is -2.44. The number of amides is 1. The zero-order valence-corrected chi connectivity index (χ0v) is 15.4. The highest BCUT2D eigenvalue weighted by atomic mass is 32.2. The molecule has 3 heterocycles. The van der Waals surface area contributed by atoms with E-state index in [1.165, 1.54) is 29.3 Å². The molecule has 3 rings (SSSR count). The van der Waals surface area contributed by atoms with E-state index in [1.807, 2.05) is 0 Å². The van der Waals surface area contributed by atoms with Crippen LogP contribution in [0.15, 0.2) is 24.7 Å². The molecule has 1 saturated heterocycles. The van der Waals surface area contributed by atoms with Gasteiger partial charge in [0.2, 0.25) is 5.88 Å². The predicted molar refractivity (Wildman–Crippen MR) is 95.6 cm³/mol. The van der Waals surface area contributed by atoms with Gasteiger partial charge >= 0.3 is 0 Å². The van der Waals surface area contributed by atoms with E-state index in [-0.39, 0.29) is 23.9 Å². The Morgan fingerprint density at radius 1 is 1.44 bits per heavy atom. The first-order valence-electron chi connectivity index (χ1n) is 8.25. The normalized spacial score (nSPS) is 20.4. The Hall–Kier alpha value is -2.53. The van der Waals surface area contributed by atoms with Crippen LogP contribution in [-0.4, -0.2) is 60.7 Å². The highest BCUT2D eigenvalue weighted by Crippen LogP contribution is 2.26. The van der Waals surface area contributed by atoms with Crippen molar-refractivity contribution in [3.05, 3.63) is 30.2 Å². The molecule has 27 heavy (non-hydrogen) atoms. The maximum Gasteiger partial charge on any atom is 0.254 e. The number of nitrogens with two attached hydrogens (primary N) is 1. The van der Waals surface area contributed by atoms with Crippen molar-refractivity contribution in [1.82, 2.24) is 20.1 Å². The molecule has 2 aromatic heterocycles. The van der Waals surface area contributed by atoms with E-state index in [0.717, 1.165) is 6.26 Å². The van der Waals surface area contributed by atoms with Gasteiger partial charge in [-0.15, -0.1) is 0 Å². The number of alkyl halides is 1. The molecule has 2 aromatic rings. The van der Waals surface area contributed by atoms with Gasteiger partial charge in [0.15, 0.2) is 9.84 Å². The largest absolute Gasteiger partial charge is 0.471 e. The standard InChI is InChI=1S/C16H20FN5O4S/c1-27(24,25)9-22-8-11(6-21-22)10-4-12(15(18)23)16(20-5-10)26-14-2-3-19-7-13(14)17/h4-6,8,13-14,19H,2-3,7,9H2,1H3,(H2,18,23)/t13?,14-/m1/s1. The quantitative estimate of drug-likeness (QED) is 0.708. The number of pyridine rings is 1. The first kappa shape index (κ1) is 19.2. The fourth-order valence-corrected chi connectivity index (χ4v) is 3.40. The molecule has 1 unspecified atom stereocenters. The zero-order chi connectivity index (χ0) is 19.6. The summed E-state index contributed by atoms with van der Waals surface area (Å²) in [4.78, 5) is 15.9. The minimum absolute atomic E-state index is 0.0223. The lowest BCUT2D eigenvalue weighted by Gasteiger charge is -2.27. The van der Waals surface area contributed by atoms with Crippen LogP contribution in [0.25, 0.3) is 11.1 Å². The summed E-state index contributed by atoms with van der Waals surface area (Å²) in [6, 6.07) is 1.47. The van der Waals surface area contributed by atoms with Crippen LogP contribution >= 0.6 is 0 Å². The second-order valence-corrected chi connectivity index (χ2v) is 8.54. The average molecular weight is 397 g/mol. The zero-order valence-electron chi connectivity index (χ0n) is 14.6. The van der Waals surface area contributed by atoms with Crippen molar-refractivity contribution in [2.45, 2.75) is 24.6 Å². The van der Waals surface area contributed by atoms with Crippen molar-refractivity contribution >= 4 is 15.7 Å². The number of ether oxygens (including phenoxy) is 1. The van der Waals surface area contributed by atoms with Crippen LogP contribution in [0.1, 0.15) is 16.8 Å². The van der Waals surface area contributed by atoms with Crippen molar-refractivity contribution in [2.24, 2.45) is 5.73 Å². The monoisotopic (exact) mass is 397 g/mol. The molecular weight excluding hydrogens is 377 g/mol. The molecule has 3 N–H and O–H groups in total. The number of aromatic nitrogens is 3. The topological polar surface area (TPSA) is 129 Å². The van der Waals surface area contributed by atoms with E-state index in [1.54, 1.807) is 0 Å². The number of carbonyl (C=O) groups is 1. The summed E-state index contributed by atoms with van der Waals surface area (Å²) in [5.41, 5.74) is 6.52. The Labute approximate surface area is 155 Å². The van der Waals surface area contributed by atoms with Gasteiger partial charge in [0.1, 0.15) is 23.7 Å². The summed E-state index contributed by atoms with van der Waals surface area (Å²) in [6.07, 6.45) is 4.05. The number of piperidine rings is 1. The Morgan fingerprint density at radius 3 is 2.89 bits per heavy atom. The molecule has 0 saturated carbocycles. The number of primary amides is 1. The van der Waals surface area contributed by atoms with Crippen LogP contribution in [-0.2, 0) is 15.7 Å². The number of halogens is 1. The summed E-state index contributed by atoms with van der Waals surface area (Å²) in [7, 11) is -3.25. The second-order valence-electron chi connectivity index (χ2n) is 6.43. The third-order valence-corrected chi connectivity index (χ3v) is 4.79. The minimum atomic E-state index is -3.25. The van der Waals surface area contributed by atoms with E-state index < -0.39 is 28.0 Å². The molecule has 9 nitrogen and oxygen atoms in total. The number of nitrogens with one attached hydrogen (secondary N) is 1. The van der Waals surface area contributed by atoms with Crippen LogP contribution in [0.5, 0.6) is 5.88 Å². The molecule has 2 atom stereocenters. The molecule has 0 spiro atoms. The smallest absolute Gasteiger partial charge is 0.254 e. The van der Waals surface area contributed by atoms with Gasteiger partial charge in [0.25, 0.3) is 5.91 Å². The SMILES string of the molecule is CS(=O)(=O)Cn1cc(-c2cnc(O[C@@H]3CCNCC3F)c(C(N)=O)c2)cn1. The van der Waals surface area contributed by atoms with Gasteiger partial charge in [0.05, 0.1) is 6.20 Å². The summed E-state index contributed by atoms with van der Waals surface area (Å²) >= 11 is 0. The molecule has 0 aliphatic carbocycles. The van der Waals surface area contributed by atoms with E-state index in [4.69, 9.17) is 10.5 Å². The van der Waals surface area contributed by atoms with E-state index >= 15 is 0 Å². The second kappa shape index (κ2) is 7.61. The summed E-state index contributed by atoms with van der Waals surface area (Å²) in [5.74, 6) is -1.05. The highest BCUT2D eigenvalue weighted by molar-refractivity contribution is 7.89. The van der Waals surface area contributed by atoms with Gasteiger partial charge in [-0.05, 0) is 19.0 Å². The van der Waals surface area contributed by atoms with Crippen LogP contribution in [0.3, 0.4) is 0 Å². The lowest BCUT2D eigenvalue weighted by atomic mass is 10.1. The molecule has 0 radical (unpaired) electrons. The molecule has 1 aliphatic heterocycles. The number of hydrogen-bond donors (Lipinski definition) is 2. The number of carbonyl (C=O) groups excluding carboxylic acids is 1. The van der Waals surface area contributed by atoms with Crippen molar-refractivity contribution in [1.29, 1.82) is 0 Å². The first-order chi connectivity index (χ1) is 12.7. The van der Waals surface area contributed by atoms with Crippen molar-refractivity contribution in [3.8, 4) is 17.0 Å². The van der Waals surface area contributed by atoms with Gasteiger partial charge in [-0.25, -0.2) is 17.8 Å². The number of rotatable bonds is 6. The third-order valence-electron chi connectivity index (χ3n) is 4.06. The Morgan fingerprint density at radius 2 is 2.22 bits per heavy atom. The van der Waals surface area contributed by atoms with E-state index in [9.17, 15) is 17.6 Å². The summed E-state index contributed by atoms with van der Waals surface area (Å²) < 4.78 is 43.5. The summed E-state index contributed by atoms with van der Waals surface area (Å²) in [5, 5.41) is 6.90. The minimum Gasteiger partial charge on any atom is -0.471 e. The molecule has 1 amide bonds. The highest BCUT2D eigenvalue weighted by Gasteiger charge is 2.28. The van der Waals surface area contributed by atoms with Gasteiger partial charge in [0, 0.05) is 36.3 Å². The molecule has 0 aromatic carbocycles. The van der Waals surface area contributed by atoms with Gasteiger partial charge in [-0.3, -0.25) is 9.48 Å². The Bertz CT molecular complexity index is 946. The first-order valence-corrected chi connectivity index (χ1v) is 10.3. The van der Waals surface area contributed by atoms with Gasteiger partial charge in [-0.1, -0.05) is 0 Å². The average Bonchev–Trinajstić information content (AvgIpc) is 3.03. The molecule has 0 bridgehead atoms. The lowest BCUT2D eigenvalue weighted by molar-refractivity contribution is 0.0676. The molecular formula is C16H20FN5O4S. The molecule has 1 aliphatic rings. The number of sulfone groups is 1. The van der Waals surface area contributed by atoms with Crippen molar-refractivity contribution in [2.75, 3.05) is 19.3 Å². The predicted octanol–water partition coefficient (Wildman–Crippen LogP) is 0.125. The van der Waals surface area contributed by atoms with Gasteiger partial charge < -0.3 is 15.8 Å².